The lowest BCUT2D eigenvalue weighted by Gasteiger charge is -2.27. The Hall–Kier alpha value is -1.97. The number of imide groups is 2. The van der Waals surface area contributed by atoms with E-state index in [0.29, 0.717) is 0 Å². The van der Waals surface area contributed by atoms with Crippen LogP contribution in [0.5, 0.6) is 5.75 Å². The molecule has 0 bridgehead atoms. The molecule has 1 fully saturated rings. The molecule has 0 spiro atoms. The summed E-state index contributed by atoms with van der Waals surface area (Å²) in [5.41, 5.74) is 0.362. The Balaban J connectivity index is 2.00. The SMILES string of the molecule is O=C1CCC(N2C(=O)c3cccc(OI)c3C2=O)C(=O)N1. The van der Waals surface area contributed by atoms with Crippen LogP contribution in [-0.4, -0.2) is 34.6 Å². The van der Waals surface area contributed by atoms with Gasteiger partial charge < -0.3 is 3.07 Å². The van der Waals surface area contributed by atoms with Gasteiger partial charge in [-0.2, -0.15) is 0 Å². The molecule has 1 aromatic carbocycles. The molecule has 1 aromatic rings. The van der Waals surface area contributed by atoms with Crippen LogP contribution in [-0.2, 0) is 9.59 Å². The summed E-state index contributed by atoms with van der Waals surface area (Å²) in [5.74, 6) is -1.86. The molecule has 108 valence electrons. The lowest BCUT2D eigenvalue weighted by Crippen LogP contribution is -2.54. The van der Waals surface area contributed by atoms with Crippen LogP contribution in [0, 0.1) is 0 Å². The summed E-state index contributed by atoms with van der Waals surface area (Å²) in [5, 5.41) is 2.15. The predicted molar refractivity (Wildman–Crippen MR) is 77.8 cm³/mol. The van der Waals surface area contributed by atoms with Gasteiger partial charge in [0.05, 0.1) is 11.1 Å². The van der Waals surface area contributed by atoms with E-state index in [1.54, 1.807) is 35.1 Å². The van der Waals surface area contributed by atoms with Crippen LogP contribution < -0.4 is 8.38 Å². The molecule has 2 aliphatic rings. The number of halogens is 1. The fourth-order valence-corrected chi connectivity index (χ4v) is 2.92. The maximum Gasteiger partial charge on any atom is 0.266 e. The van der Waals surface area contributed by atoms with E-state index in [1.807, 2.05) is 0 Å². The normalized spacial score (nSPS) is 21.4. The average Bonchev–Trinajstić information content (AvgIpc) is 2.72. The third kappa shape index (κ3) is 2.09. The Labute approximate surface area is 133 Å². The van der Waals surface area contributed by atoms with Gasteiger partial charge in [-0.25, -0.2) is 0 Å². The second-order valence-electron chi connectivity index (χ2n) is 4.70. The van der Waals surface area contributed by atoms with Gasteiger partial charge in [-0.15, -0.1) is 0 Å². The van der Waals surface area contributed by atoms with Crippen LogP contribution in [0.25, 0.3) is 0 Å². The number of piperidine rings is 1. The fraction of sp³-hybridized carbons (Fsp3) is 0.231. The standard InChI is InChI=1S/C13H9IN2O5/c14-21-8-3-1-2-6-10(8)13(20)16(12(6)19)7-4-5-9(17)15-11(7)18/h1-3,7H,4-5H2,(H,15,17,18). The summed E-state index contributed by atoms with van der Waals surface area (Å²) >= 11 is 1.63. The number of carbonyl (C=O) groups excluding carboxylic acids is 4. The van der Waals surface area contributed by atoms with E-state index in [0.717, 1.165) is 4.90 Å². The highest BCUT2D eigenvalue weighted by Crippen LogP contribution is 2.34. The first-order valence-electron chi connectivity index (χ1n) is 6.17. The number of fused-ring (bicyclic) bond motifs is 1. The van der Waals surface area contributed by atoms with Crippen molar-refractivity contribution < 1.29 is 22.2 Å². The zero-order valence-electron chi connectivity index (χ0n) is 10.6. The largest absolute Gasteiger partial charge is 0.427 e. The van der Waals surface area contributed by atoms with E-state index in [1.165, 1.54) is 6.07 Å². The van der Waals surface area contributed by atoms with Gasteiger partial charge in [-0.3, -0.25) is 29.4 Å². The smallest absolute Gasteiger partial charge is 0.266 e. The number of benzene rings is 1. The fourth-order valence-electron chi connectivity index (χ4n) is 2.55. The molecule has 3 rings (SSSR count). The van der Waals surface area contributed by atoms with E-state index in [2.05, 4.69) is 5.32 Å². The van der Waals surface area contributed by atoms with Crippen LogP contribution in [0.2, 0.25) is 0 Å². The Kier molecular flexibility index (Phi) is 3.40. The quantitative estimate of drug-likeness (QED) is 0.586. The summed E-state index contributed by atoms with van der Waals surface area (Å²) in [6.07, 6.45) is 0.232. The molecule has 1 atom stereocenters. The monoisotopic (exact) mass is 400 g/mol. The first kappa shape index (κ1) is 14.0. The van der Waals surface area contributed by atoms with Gasteiger partial charge in [-0.1, -0.05) is 6.07 Å². The Morgan fingerprint density at radius 3 is 2.62 bits per heavy atom. The molecule has 2 heterocycles. The maximum absolute atomic E-state index is 12.5. The molecule has 2 aliphatic heterocycles. The topological polar surface area (TPSA) is 92.8 Å². The van der Waals surface area contributed by atoms with Gasteiger partial charge in [0, 0.05) is 6.42 Å². The van der Waals surface area contributed by atoms with Gasteiger partial charge in [0.25, 0.3) is 11.8 Å². The summed E-state index contributed by atoms with van der Waals surface area (Å²) < 4.78 is 5.07. The molecule has 0 radical (unpaired) electrons. The van der Waals surface area contributed by atoms with Crippen molar-refractivity contribution in [3.63, 3.8) is 0 Å². The number of nitrogens with one attached hydrogen (secondary N) is 1. The molecular formula is C13H9IN2O5. The van der Waals surface area contributed by atoms with Gasteiger partial charge in [0.1, 0.15) is 11.8 Å². The summed E-state index contributed by atoms with van der Waals surface area (Å²) in [6, 6.07) is 3.73. The zero-order valence-corrected chi connectivity index (χ0v) is 12.7. The maximum atomic E-state index is 12.5. The van der Waals surface area contributed by atoms with E-state index in [-0.39, 0.29) is 29.7 Å². The van der Waals surface area contributed by atoms with Crippen molar-refractivity contribution >= 4 is 46.6 Å². The molecule has 1 unspecified atom stereocenters. The molecule has 0 aromatic heterocycles. The third-order valence-corrected chi connectivity index (χ3v) is 3.99. The Bertz CT molecular complexity index is 687. The summed E-state index contributed by atoms with van der Waals surface area (Å²) in [4.78, 5) is 48.8. The number of rotatable bonds is 2. The Morgan fingerprint density at radius 1 is 1.19 bits per heavy atom. The highest BCUT2D eigenvalue weighted by molar-refractivity contribution is 14.1. The van der Waals surface area contributed by atoms with Crippen LogP contribution in [0.1, 0.15) is 33.6 Å². The predicted octanol–water partition coefficient (Wildman–Crippen LogP) is 0.817. The summed E-state index contributed by atoms with van der Waals surface area (Å²) in [6.45, 7) is 0. The van der Waals surface area contributed by atoms with Gasteiger partial charge in [-0.05, 0) is 18.6 Å². The van der Waals surface area contributed by atoms with Crippen LogP contribution >= 0.6 is 23.0 Å². The molecule has 0 aliphatic carbocycles. The minimum atomic E-state index is -0.961. The van der Waals surface area contributed by atoms with Crippen molar-refractivity contribution in [3.8, 4) is 5.75 Å². The number of amides is 4. The van der Waals surface area contributed by atoms with Gasteiger partial charge in [0.2, 0.25) is 11.8 Å². The first-order chi connectivity index (χ1) is 10.0. The van der Waals surface area contributed by atoms with Gasteiger partial charge in [0.15, 0.2) is 23.0 Å². The molecule has 7 nitrogen and oxygen atoms in total. The van der Waals surface area contributed by atoms with E-state index in [4.69, 9.17) is 3.07 Å². The average molecular weight is 400 g/mol. The minimum Gasteiger partial charge on any atom is -0.427 e. The number of carbonyl (C=O) groups is 4. The molecule has 21 heavy (non-hydrogen) atoms. The highest BCUT2D eigenvalue weighted by atomic mass is 127. The lowest BCUT2D eigenvalue weighted by molar-refractivity contribution is -0.136. The van der Waals surface area contributed by atoms with Crippen molar-refractivity contribution in [3.05, 3.63) is 29.3 Å². The number of hydrogen-bond donors (Lipinski definition) is 1. The third-order valence-electron chi connectivity index (χ3n) is 3.51. The molecular weight excluding hydrogens is 391 g/mol. The van der Waals surface area contributed by atoms with Crippen molar-refractivity contribution in [2.45, 2.75) is 18.9 Å². The first-order valence-corrected chi connectivity index (χ1v) is 7.06. The molecule has 1 N–H and O–H groups in total. The van der Waals surface area contributed by atoms with Gasteiger partial charge >= 0.3 is 0 Å². The lowest BCUT2D eigenvalue weighted by atomic mass is 10.0. The Morgan fingerprint density at radius 2 is 1.95 bits per heavy atom. The molecule has 1 saturated heterocycles. The van der Waals surface area contributed by atoms with E-state index in [9.17, 15) is 19.2 Å². The summed E-state index contributed by atoms with van der Waals surface area (Å²) in [7, 11) is 0. The van der Waals surface area contributed by atoms with Crippen molar-refractivity contribution in [1.82, 2.24) is 10.2 Å². The molecule has 4 amide bonds. The van der Waals surface area contributed by atoms with E-state index < -0.39 is 29.7 Å². The van der Waals surface area contributed by atoms with Crippen molar-refractivity contribution in [2.75, 3.05) is 0 Å². The van der Waals surface area contributed by atoms with Crippen LogP contribution in [0.15, 0.2) is 18.2 Å². The highest BCUT2D eigenvalue weighted by Gasteiger charge is 2.45. The second-order valence-corrected chi connectivity index (χ2v) is 5.14. The van der Waals surface area contributed by atoms with Crippen LogP contribution in [0.3, 0.4) is 0 Å². The number of hydrogen-bond acceptors (Lipinski definition) is 5. The van der Waals surface area contributed by atoms with Crippen LogP contribution in [0.4, 0.5) is 0 Å². The minimum absolute atomic E-state index is 0.0967. The second kappa shape index (κ2) is 5.10. The molecule has 0 saturated carbocycles. The van der Waals surface area contributed by atoms with E-state index >= 15 is 0 Å². The zero-order chi connectivity index (χ0) is 15.1. The number of nitrogens with zero attached hydrogens (tertiary/aromatic N) is 1. The van der Waals surface area contributed by atoms with Crippen molar-refractivity contribution in [1.29, 1.82) is 0 Å². The van der Waals surface area contributed by atoms with Crippen molar-refractivity contribution in [2.24, 2.45) is 0 Å². The molecule has 8 heteroatoms.